The maximum atomic E-state index is 14.5. The van der Waals surface area contributed by atoms with E-state index < -0.39 is 18.0 Å². The normalized spacial score (nSPS) is 13.6. The van der Waals surface area contributed by atoms with Crippen LogP contribution in [0.15, 0.2) is 36.5 Å². The van der Waals surface area contributed by atoms with E-state index in [1.54, 1.807) is 39.3 Å². The van der Waals surface area contributed by atoms with Gasteiger partial charge in [-0.15, -0.1) is 11.3 Å². The standard InChI is InChI=1S/C21H18ClFN2O3S/c1-10(26)11(2)28-18-8-19-17(7-16(18)23)25-21(29-19)15-6-13(22)4-12-5-14(27-3)9-24-20(12)15/h4-11,26H,1-3H3/t10-,11+/m1/s1. The van der Waals surface area contributed by atoms with Gasteiger partial charge in [-0.3, -0.25) is 4.98 Å². The van der Waals surface area contributed by atoms with E-state index in [0.29, 0.717) is 21.3 Å². The number of hydrogen-bond acceptors (Lipinski definition) is 6. The zero-order valence-electron chi connectivity index (χ0n) is 15.9. The molecule has 4 rings (SSSR count). The molecule has 0 fully saturated rings. The van der Waals surface area contributed by atoms with Gasteiger partial charge in [-0.2, -0.15) is 0 Å². The van der Waals surface area contributed by atoms with E-state index in [1.807, 2.05) is 12.1 Å². The van der Waals surface area contributed by atoms with Crippen molar-refractivity contribution in [2.75, 3.05) is 7.11 Å². The molecule has 1 N–H and O–H groups in total. The fourth-order valence-corrected chi connectivity index (χ4v) is 4.12. The van der Waals surface area contributed by atoms with Gasteiger partial charge in [0.05, 0.1) is 35.1 Å². The van der Waals surface area contributed by atoms with Gasteiger partial charge in [-0.05, 0) is 32.0 Å². The number of rotatable bonds is 5. The van der Waals surface area contributed by atoms with Gasteiger partial charge in [0.15, 0.2) is 11.6 Å². The molecule has 0 aliphatic carbocycles. The Morgan fingerprint density at radius 2 is 1.97 bits per heavy atom. The summed E-state index contributed by atoms with van der Waals surface area (Å²) in [5, 5.41) is 11.7. The first kappa shape index (κ1) is 19.8. The summed E-state index contributed by atoms with van der Waals surface area (Å²) in [7, 11) is 1.58. The first-order valence-corrected chi connectivity index (χ1v) is 10.1. The molecule has 150 valence electrons. The third-order valence-electron chi connectivity index (χ3n) is 4.62. The summed E-state index contributed by atoms with van der Waals surface area (Å²) in [6.07, 6.45) is 0.379. The quantitative estimate of drug-likeness (QED) is 0.453. The maximum Gasteiger partial charge on any atom is 0.167 e. The number of ether oxygens (including phenoxy) is 2. The van der Waals surface area contributed by atoms with Crippen molar-refractivity contribution in [1.82, 2.24) is 9.97 Å². The summed E-state index contributed by atoms with van der Waals surface area (Å²) in [5.41, 5.74) is 2.01. The molecule has 0 saturated heterocycles. The second-order valence-corrected chi connectivity index (χ2v) is 8.20. The first-order valence-electron chi connectivity index (χ1n) is 8.94. The highest BCUT2D eigenvalue weighted by molar-refractivity contribution is 7.21. The predicted molar refractivity (Wildman–Crippen MR) is 114 cm³/mol. The lowest BCUT2D eigenvalue weighted by atomic mass is 10.1. The van der Waals surface area contributed by atoms with Crippen LogP contribution in [0.2, 0.25) is 5.02 Å². The highest BCUT2D eigenvalue weighted by Gasteiger charge is 2.18. The third kappa shape index (κ3) is 3.85. The van der Waals surface area contributed by atoms with Crippen LogP contribution in [0.5, 0.6) is 11.5 Å². The van der Waals surface area contributed by atoms with Gasteiger partial charge >= 0.3 is 0 Å². The molecular weight excluding hydrogens is 415 g/mol. The van der Waals surface area contributed by atoms with E-state index in [2.05, 4.69) is 9.97 Å². The van der Waals surface area contributed by atoms with Crippen LogP contribution >= 0.6 is 22.9 Å². The lowest BCUT2D eigenvalue weighted by Crippen LogP contribution is -2.25. The maximum absolute atomic E-state index is 14.5. The average molecular weight is 433 g/mol. The molecule has 2 heterocycles. The highest BCUT2D eigenvalue weighted by Crippen LogP contribution is 2.38. The molecule has 2 aromatic carbocycles. The topological polar surface area (TPSA) is 64.5 Å². The summed E-state index contributed by atoms with van der Waals surface area (Å²) in [5.74, 6) is 0.187. The molecule has 29 heavy (non-hydrogen) atoms. The Labute approximate surface area is 175 Å². The van der Waals surface area contributed by atoms with Gasteiger partial charge in [0, 0.05) is 28.1 Å². The minimum atomic E-state index is -0.719. The molecule has 2 aromatic heterocycles. The van der Waals surface area contributed by atoms with Crippen LogP contribution in [0.1, 0.15) is 13.8 Å². The van der Waals surface area contributed by atoms with Crippen LogP contribution in [0.25, 0.3) is 31.7 Å². The molecule has 0 bridgehead atoms. The van der Waals surface area contributed by atoms with Crippen molar-refractivity contribution in [3.8, 4) is 22.1 Å². The summed E-state index contributed by atoms with van der Waals surface area (Å²) < 4.78 is 26.0. The number of hydrogen-bond donors (Lipinski definition) is 1. The van der Waals surface area contributed by atoms with Gasteiger partial charge in [-0.25, -0.2) is 9.37 Å². The van der Waals surface area contributed by atoms with Gasteiger partial charge in [0.1, 0.15) is 16.9 Å². The molecule has 0 aliphatic heterocycles. The zero-order chi connectivity index (χ0) is 20.7. The summed E-state index contributed by atoms with van der Waals surface area (Å²) in [4.78, 5) is 9.07. The van der Waals surface area contributed by atoms with Crippen LogP contribution < -0.4 is 9.47 Å². The van der Waals surface area contributed by atoms with Crippen LogP contribution in [-0.2, 0) is 0 Å². The number of pyridine rings is 1. The molecule has 0 saturated carbocycles. The lowest BCUT2D eigenvalue weighted by Gasteiger charge is -2.17. The summed E-state index contributed by atoms with van der Waals surface area (Å²) >= 11 is 7.70. The van der Waals surface area contributed by atoms with Crippen molar-refractivity contribution in [1.29, 1.82) is 0 Å². The molecule has 5 nitrogen and oxygen atoms in total. The molecule has 0 unspecified atom stereocenters. The highest BCUT2D eigenvalue weighted by atomic mass is 35.5. The van der Waals surface area contributed by atoms with E-state index in [9.17, 15) is 9.50 Å². The largest absolute Gasteiger partial charge is 0.495 e. The Morgan fingerprint density at radius 3 is 2.69 bits per heavy atom. The molecule has 4 aromatic rings. The van der Waals surface area contributed by atoms with Crippen molar-refractivity contribution < 1.29 is 19.0 Å². The summed E-state index contributed by atoms with van der Waals surface area (Å²) in [6, 6.07) is 8.40. The molecule has 0 spiro atoms. The Kier molecular flexibility index (Phi) is 5.29. The fraction of sp³-hybridized carbons (Fsp3) is 0.238. The monoisotopic (exact) mass is 432 g/mol. The molecule has 8 heteroatoms. The fourth-order valence-electron chi connectivity index (χ4n) is 2.90. The van der Waals surface area contributed by atoms with E-state index >= 15 is 0 Å². The lowest BCUT2D eigenvalue weighted by molar-refractivity contribution is 0.0580. The van der Waals surface area contributed by atoms with E-state index in [0.717, 1.165) is 21.2 Å². The number of methoxy groups -OCH3 is 1. The minimum Gasteiger partial charge on any atom is -0.495 e. The van der Waals surface area contributed by atoms with Crippen LogP contribution in [0.4, 0.5) is 4.39 Å². The SMILES string of the molecule is COc1cnc2c(-c3nc4cc(F)c(O[C@@H](C)[C@@H](C)O)cc4s3)cc(Cl)cc2c1. The van der Waals surface area contributed by atoms with Crippen molar-refractivity contribution in [2.24, 2.45) is 0 Å². The van der Waals surface area contributed by atoms with Gasteiger partial charge < -0.3 is 14.6 Å². The number of thiazole rings is 1. The number of aliphatic hydroxyl groups excluding tert-OH is 1. The number of halogens is 2. The molecule has 0 radical (unpaired) electrons. The van der Waals surface area contributed by atoms with E-state index in [4.69, 9.17) is 21.1 Å². The van der Waals surface area contributed by atoms with E-state index in [1.165, 1.54) is 17.4 Å². The van der Waals surface area contributed by atoms with Crippen molar-refractivity contribution in [3.63, 3.8) is 0 Å². The van der Waals surface area contributed by atoms with Gasteiger partial charge in [-0.1, -0.05) is 11.6 Å². The summed E-state index contributed by atoms with van der Waals surface area (Å²) in [6.45, 7) is 3.28. The molecule has 0 aliphatic rings. The Balaban J connectivity index is 1.82. The smallest absolute Gasteiger partial charge is 0.167 e. The second-order valence-electron chi connectivity index (χ2n) is 6.73. The van der Waals surface area contributed by atoms with Gasteiger partial charge in [0.25, 0.3) is 0 Å². The number of fused-ring (bicyclic) bond motifs is 2. The molecule has 2 atom stereocenters. The van der Waals surface area contributed by atoms with Crippen LogP contribution in [0, 0.1) is 5.82 Å². The molecular formula is C21H18ClFN2O3S. The number of benzene rings is 2. The first-order chi connectivity index (χ1) is 13.9. The molecule has 0 amide bonds. The Morgan fingerprint density at radius 1 is 1.17 bits per heavy atom. The predicted octanol–water partition coefficient (Wildman–Crippen LogP) is 5.46. The Hall–Kier alpha value is -2.48. The van der Waals surface area contributed by atoms with Crippen LogP contribution in [-0.4, -0.2) is 34.4 Å². The zero-order valence-corrected chi connectivity index (χ0v) is 17.5. The van der Waals surface area contributed by atoms with Crippen molar-refractivity contribution >= 4 is 44.1 Å². The second kappa shape index (κ2) is 7.74. The Bertz CT molecular complexity index is 1210. The number of aliphatic hydroxyl groups is 1. The average Bonchev–Trinajstić information content (AvgIpc) is 3.09. The van der Waals surface area contributed by atoms with Gasteiger partial charge in [0.2, 0.25) is 0 Å². The third-order valence-corrected chi connectivity index (χ3v) is 5.89. The van der Waals surface area contributed by atoms with Crippen molar-refractivity contribution in [2.45, 2.75) is 26.1 Å². The van der Waals surface area contributed by atoms with Crippen molar-refractivity contribution in [3.05, 3.63) is 47.4 Å². The minimum absolute atomic E-state index is 0.0833. The number of nitrogens with zero attached hydrogens (tertiary/aromatic N) is 2. The van der Waals surface area contributed by atoms with E-state index in [-0.39, 0.29) is 5.75 Å². The van der Waals surface area contributed by atoms with Crippen LogP contribution in [0.3, 0.4) is 0 Å². The number of aromatic nitrogens is 2.